The first-order valence-electron chi connectivity index (χ1n) is 12.9. The van der Waals surface area contributed by atoms with Gasteiger partial charge in [-0.3, -0.25) is 0 Å². The van der Waals surface area contributed by atoms with Gasteiger partial charge in [0.2, 0.25) is 0 Å². The summed E-state index contributed by atoms with van der Waals surface area (Å²) in [6, 6.07) is 0. The number of hydrogen-bond donors (Lipinski definition) is 0. The summed E-state index contributed by atoms with van der Waals surface area (Å²) in [5.41, 5.74) is 0. The van der Waals surface area contributed by atoms with Crippen LogP contribution in [0.1, 0.15) is 155 Å². The number of rotatable bonds is 22. The predicted octanol–water partition coefficient (Wildman–Crippen LogP) is 5.71. The Balaban J connectivity index is -0.000000490. The van der Waals surface area contributed by atoms with Gasteiger partial charge in [-0.05, 0) is 25.7 Å². The molecule has 4 nitrogen and oxygen atoms in total. The van der Waals surface area contributed by atoms with Gasteiger partial charge in [-0.25, -0.2) is 0 Å². The molecule has 5 heteroatoms. The van der Waals surface area contributed by atoms with Crippen LogP contribution in [0.2, 0.25) is 0 Å². The van der Waals surface area contributed by atoms with Crippen molar-refractivity contribution in [1.82, 2.24) is 0 Å². The summed E-state index contributed by atoms with van der Waals surface area (Å²) in [6.07, 6.45) is 25.2. The second kappa shape index (κ2) is 32.6. The monoisotopic (exact) mass is 514 g/mol. The predicted molar refractivity (Wildman–Crippen MR) is 129 cm³/mol. The van der Waals surface area contributed by atoms with Crippen LogP contribution < -0.4 is 10.2 Å². The van der Waals surface area contributed by atoms with Crippen LogP contribution in [0.15, 0.2) is 0 Å². The second-order valence-corrected chi connectivity index (χ2v) is 8.61. The minimum Gasteiger partial charge on any atom is -0.550 e. The van der Waals surface area contributed by atoms with E-state index in [0.29, 0.717) is 0 Å². The zero-order valence-electron chi connectivity index (χ0n) is 20.9. The molecule has 0 aromatic heterocycles. The molecule has 0 aromatic rings. The van der Waals surface area contributed by atoms with Crippen molar-refractivity contribution in [2.24, 2.45) is 0 Å². The molecule has 0 aliphatic carbocycles. The fourth-order valence-corrected chi connectivity index (χ4v) is 3.51. The third-order valence-corrected chi connectivity index (χ3v) is 5.47. The Morgan fingerprint density at radius 3 is 0.806 bits per heavy atom. The molecule has 0 aliphatic heterocycles. The number of carboxylic acids is 2. The van der Waals surface area contributed by atoms with E-state index in [4.69, 9.17) is 0 Å². The number of aliphatic carboxylic acids is 2. The van der Waals surface area contributed by atoms with Gasteiger partial charge in [-0.15, -0.1) is 0 Å². The molecule has 0 amide bonds. The quantitative estimate of drug-likeness (QED) is 0.137. The Kier molecular flexibility index (Phi) is 37.9. The van der Waals surface area contributed by atoms with E-state index in [1.165, 1.54) is 103 Å². The molecular weight excluding hydrogens is 464 g/mol. The molecule has 31 heavy (non-hydrogen) atoms. The van der Waals surface area contributed by atoms with Gasteiger partial charge >= 0.3 is 45.5 Å². The van der Waals surface area contributed by atoms with Gasteiger partial charge in [0.15, 0.2) is 0 Å². The average molecular weight is 514 g/mol. The molecule has 0 spiro atoms. The van der Waals surface area contributed by atoms with E-state index in [9.17, 15) is 19.8 Å². The molecule has 0 N–H and O–H groups in total. The van der Waals surface area contributed by atoms with Crippen molar-refractivity contribution < 1.29 is 19.8 Å². The maximum absolute atomic E-state index is 10.1. The molecule has 0 fully saturated rings. The number of carbonyl (C=O) groups excluding carboxylic acids is 2. The summed E-state index contributed by atoms with van der Waals surface area (Å²) in [7, 11) is 0. The Morgan fingerprint density at radius 2 is 0.613 bits per heavy atom. The largest absolute Gasteiger partial charge is 2.00 e. The smallest absolute Gasteiger partial charge is 0.550 e. The average Bonchev–Trinajstić information content (AvgIpc) is 2.71. The minimum atomic E-state index is -0.908. The van der Waals surface area contributed by atoms with Gasteiger partial charge in [0.25, 0.3) is 0 Å². The Hall–Kier alpha value is 0.421. The summed E-state index contributed by atoms with van der Waals surface area (Å²) >= 11 is 0. The summed E-state index contributed by atoms with van der Waals surface area (Å²) in [4.78, 5) is 20.2. The topological polar surface area (TPSA) is 80.3 Å². The van der Waals surface area contributed by atoms with Crippen LogP contribution in [-0.2, 0) is 9.59 Å². The molecule has 0 unspecified atom stereocenters. The molecule has 0 heterocycles. The fraction of sp³-hybridized carbons (Fsp3) is 0.923. The maximum Gasteiger partial charge on any atom is 2.00 e. The zero-order chi connectivity index (χ0) is 22.7. The SMILES string of the molecule is CCCCCCCCCCCCC(=O)[O-].CCCCCCCCCCCCC(=O)[O-].[Sr+2]. The van der Waals surface area contributed by atoms with E-state index in [1.54, 1.807) is 0 Å². The van der Waals surface area contributed by atoms with E-state index in [1.807, 2.05) is 0 Å². The first kappa shape index (κ1) is 36.0. The molecule has 0 saturated heterocycles. The number of carboxylic acid groups (broad SMARTS) is 2. The van der Waals surface area contributed by atoms with Gasteiger partial charge in [0, 0.05) is 11.9 Å². The van der Waals surface area contributed by atoms with Crippen molar-refractivity contribution in [2.75, 3.05) is 0 Å². The molecule has 180 valence electrons. The second-order valence-electron chi connectivity index (χ2n) is 8.61. The molecule has 0 bridgehead atoms. The Bertz CT molecular complexity index is 327. The van der Waals surface area contributed by atoms with E-state index < -0.39 is 11.9 Å². The molecule has 0 atom stereocenters. The van der Waals surface area contributed by atoms with Crippen LogP contribution in [0, 0.1) is 0 Å². The first-order valence-corrected chi connectivity index (χ1v) is 12.9. The molecule has 0 aromatic carbocycles. The van der Waals surface area contributed by atoms with Gasteiger partial charge in [-0.2, -0.15) is 0 Å². The molecular formula is C26H50O4Sr. The van der Waals surface area contributed by atoms with Crippen molar-refractivity contribution in [3.8, 4) is 0 Å². The standard InChI is InChI=1S/2C13H26O2.Sr/c2*1-2-3-4-5-6-7-8-9-10-11-12-13(14)15;/h2*2-12H2,1H3,(H,14,15);/q;;+2/p-2. The summed E-state index contributed by atoms with van der Waals surface area (Å²) < 4.78 is 0. The third-order valence-electron chi connectivity index (χ3n) is 5.47. The van der Waals surface area contributed by atoms with Gasteiger partial charge in [-0.1, -0.05) is 129 Å². The molecule has 0 saturated carbocycles. The van der Waals surface area contributed by atoms with E-state index in [0.717, 1.165) is 25.7 Å². The van der Waals surface area contributed by atoms with Crippen LogP contribution in [0.5, 0.6) is 0 Å². The van der Waals surface area contributed by atoms with Crippen LogP contribution >= 0.6 is 0 Å². The summed E-state index contributed by atoms with van der Waals surface area (Å²) in [6.45, 7) is 4.47. The molecule has 0 rings (SSSR count). The Labute approximate surface area is 230 Å². The van der Waals surface area contributed by atoms with Crippen molar-refractivity contribution in [3.05, 3.63) is 0 Å². The van der Waals surface area contributed by atoms with Crippen molar-refractivity contribution in [2.45, 2.75) is 155 Å². The van der Waals surface area contributed by atoms with Crippen molar-refractivity contribution in [3.63, 3.8) is 0 Å². The van der Waals surface area contributed by atoms with Gasteiger partial charge in [0.1, 0.15) is 0 Å². The molecule has 0 radical (unpaired) electrons. The van der Waals surface area contributed by atoms with Crippen molar-refractivity contribution in [1.29, 1.82) is 0 Å². The van der Waals surface area contributed by atoms with Crippen LogP contribution in [0.25, 0.3) is 0 Å². The fourth-order valence-electron chi connectivity index (χ4n) is 3.51. The van der Waals surface area contributed by atoms with E-state index in [-0.39, 0.29) is 58.3 Å². The van der Waals surface area contributed by atoms with E-state index in [2.05, 4.69) is 13.8 Å². The zero-order valence-corrected chi connectivity index (χ0v) is 24.4. The summed E-state index contributed by atoms with van der Waals surface area (Å²) in [5, 5.41) is 20.2. The number of hydrogen-bond acceptors (Lipinski definition) is 4. The van der Waals surface area contributed by atoms with Gasteiger partial charge in [0.05, 0.1) is 0 Å². The summed E-state index contributed by atoms with van der Waals surface area (Å²) in [5.74, 6) is -1.82. The number of unbranched alkanes of at least 4 members (excludes halogenated alkanes) is 18. The van der Waals surface area contributed by atoms with Crippen LogP contribution in [-0.4, -0.2) is 57.4 Å². The van der Waals surface area contributed by atoms with Crippen LogP contribution in [0.3, 0.4) is 0 Å². The van der Waals surface area contributed by atoms with E-state index >= 15 is 0 Å². The van der Waals surface area contributed by atoms with Gasteiger partial charge < -0.3 is 19.8 Å². The normalized spacial score (nSPS) is 10.1. The first-order chi connectivity index (χ1) is 14.5. The maximum atomic E-state index is 10.1. The third kappa shape index (κ3) is 41.2. The Morgan fingerprint density at radius 1 is 0.419 bits per heavy atom. The van der Waals surface area contributed by atoms with Crippen molar-refractivity contribution >= 4 is 57.4 Å². The molecule has 0 aliphatic rings. The van der Waals surface area contributed by atoms with Crippen LogP contribution in [0.4, 0.5) is 0 Å². The number of carbonyl (C=O) groups is 2. The minimum absolute atomic E-state index is 0.